The lowest BCUT2D eigenvalue weighted by Gasteiger charge is -2.16. The first-order valence-electron chi connectivity index (χ1n) is 6.79. The maximum absolute atomic E-state index is 13.5. The zero-order valence-corrected chi connectivity index (χ0v) is 12.4. The molecule has 0 spiro atoms. The number of nitrogens with one attached hydrogen (secondary N) is 2. The average molecular weight is 338 g/mol. The Hall–Kier alpha value is -3.03. The zero-order chi connectivity index (χ0) is 17.9. The van der Waals surface area contributed by atoms with E-state index in [9.17, 15) is 27.9 Å². The number of rotatable bonds is 4. The lowest BCUT2D eigenvalue weighted by atomic mass is 10.0. The van der Waals surface area contributed by atoms with Crippen molar-refractivity contribution in [2.45, 2.75) is 13.0 Å². The number of anilines is 1. The van der Waals surface area contributed by atoms with E-state index in [0.717, 1.165) is 18.2 Å². The summed E-state index contributed by atoms with van der Waals surface area (Å²) in [5, 5.41) is 13.5. The highest BCUT2D eigenvalue weighted by Gasteiger charge is 2.23. The molecule has 0 saturated heterocycles. The van der Waals surface area contributed by atoms with Gasteiger partial charge < -0.3 is 15.7 Å². The van der Waals surface area contributed by atoms with E-state index in [1.807, 2.05) is 0 Å². The van der Waals surface area contributed by atoms with Gasteiger partial charge in [0.1, 0.15) is 17.5 Å². The van der Waals surface area contributed by atoms with Gasteiger partial charge >= 0.3 is 12.0 Å². The van der Waals surface area contributed by atoms with E-state index in [1.54, 1.807) is 0 Å². The monoisotopic (exact) mass is 338 g/mol. The first-order chi connectivity index (χ1) is 11.3. The second-order valence-electron chi connectivity index (χ2n) is 5.00. The van der Waals surface area contributed by atoms with Crippen LogP contribution in [0.1, 0.15) is 17.2 Å². The number of carboxylic acid groups (broad SMARTS) is 1. The van der Waals surface area contributed by atoms with Crippen LogP contribution in [0.25, 0.3) is 0 Å². The van der Waals surface area contributed by atoms with Crippen LogP contribution in [0.2, 0.25) is 0 Å². The van der Waals surface area contributed by atoms with Gasteiger partial charge in [0.05, 0.1) is 5.69 Å². The van der Waals surface area contributed by atoms with E-state index in [4.69, 9.17) is 0 Å². The van der Waals surface area contributed by atoms with Crippen molar-refractivity contribution in [3.63, 3.8) is 0 Å². The third-order valence-electron chi connectivity index (χ3n) is 3.22. The van der Waals surface area contributed by atoms with Crippen LogP contribution in [0, 0.1) is 24.4 Å². The summed E-state index contributed by atoms with van der Waals surface area (Å²) in [5.74, 6) is -3.71. The Morgan fingerprint density at radius 1 is 1.04 bits per heavy atom. The van der Waals surface area contributed by atoms with Crippen molar-refractivity contribution >= 4 is 17.7 Å². The molecular formula is C16H13F3N2O3. The summed E-state index contributed by atoms with van der Waals surface area (Å²) < 4.78 is 39.6. The van der Waals surface area contributed by atoms with Crippen LogP contribution >= 0.6 is 0 Å². The molecule has 1 atom stereocenters. The number of carboxylic acids is 1. The van der Waals surface area contributed by atoms with E-state index in [0.29, 0.717) is 6.07 Å². The van der Waals surface area contributed by atoms with Crippen molar-refractivity contribution in [3.05, 3.63) is 65.0 Å². The Bertz CT molecular complexity index is 796. The van der Waals surface area contributed by atoms with Crippen LogP contribution in [-0.4, -0.2) is 17.1 Å². The second kappa shape index (κ2) is 7.03. The molecule has 0 aliphatic carbocycles. The van der Waals surface area contributed by atoms with Crippen molar-refractivity contribution in [2.75, 3.05) is 5.32 Å². The number of aryl methyl sites for hydroxylation is 1. The molecule has 3 N–H and O–H groups in total. The van der Waals surface area contributed by atoms with Gasteiger partial charge in [0.2, 0.25) is 0 Å². The largest absolute Gasteiger partial charge is 0.479 e. The number of benzene rings is 2. The Morgan fingerprint density at radius 2 is 1.75 bits per heavy atom. The van der Waals surface area contributed by atoms with Crippen LogP contribution in [0.3, 0.4) is 0 Å². The summed E-state index contributed by atoms with van der Waals surface area (Å²) in [6.07, 6.45) is 0. The summed E-state index contributed by atoms with van der Waals surface area (Å²) in [6.45, 7) is 1.45. The lowest BCUT2D eigenvalue weighted by Crippen LogP contribution is -2.37. The molecule has 2 amide bonds. The highest BCUT2D eigenvalue weighted by Crippen LogP contribution is 2.19. The maximum Gasteiger partial charge on any atom is 0.330 e. The van der Waals surface area contributed by atoms with Crippen molar-refractivity contribution < 1.29 is 27.9 Å². The molecule has 126 valence electrons. The molecule has 0 heterocycles. The number of aliphatic carboxylic acids is 1. The highest BCUT2D eigenvalue weighted by atomic mass is 19.1. The molecule has 24 heavy (non-hydrogen) atoms. The summed E-state index contributed by atoms with van der Waals surface area (Å²) in [5.41, 5.74) is 0.0509. The minimum absolute atomic E-state index is 0.149. The number of hydrogen-bond donors (Lipinski definition) is 3. The molecular weight excluding hydrogens is 325 g/mol. The fourth-order valence-corrected chi connectivity index (χ4v) is 2.02. The Morgan fingerprint density at radius 3 is 2.33 bits per heavy atom. The first-order valence-corrected chi connectivity index (χ1v) is 6.79. The summed E-state index contributed by atoms with van der Waals surface area (Å²) in [4.78, 5) is 23.2. The maximum atomic E-state index is 13.5. The van der Waals surface area contributed by atoms with Gasteiger partial charge in [-0.15, -0.1) is 0 Å². The van der Waals surface area contributed by atoms with Crippen LogP contribution in [0.15, 0.2) is 36.4 Å². The molecule has 0 fully saturated rings. The fraction of sp³-hybridized carbons (Fsp3) is 0.125. The number of urea groups is 1. The summed E-state index contributed by atoms with van der Waals surface area (Å²) >= 11 is 0. The third kappa shape index (κ3) is 4.03. The Kier molecular flexibility index (Phi) is 5.08. The summed E-state index contributed by atoms with van der Waals surface area (Å²) in [6, 6.07) is 3.64. The molecule has 0 aromatic heterocycles. The van der Waals surface area contributed by atoms with Crippen LogP contribution < -0.4 is 10.6 Å². The van der Waals surface area contributed by atoms with Gasteiger partial charge in [0.15, 0.2) is 6.04 Å². The topological polar surface area (TPSA) is 78.4 Å². The molecule has 8 heteroatoms. The van der Waals surface area contributed by atoms with E-state index >= 15 is 0 Å². The number of amides is 2. The molecule has 0 aliphatic rings. The Balaban J connectivity index is 2.16. The molecule has 5 nitrogen and oxygen atoms in total. The third-order valence-corrected chi connectivity index (χ3v) is 3.22. The standard InChI is InChI=1S/C16H13F3N2O3/c1-8-6-9(2-4-11(8)18)14(15(22)23)21-16(24)20-13-5-3-10(17)7-12(13)19/h2-7,14H,1H3,(H,22,23)(H2,20,21,24)/t14-/m1/s1. The van der Waals surface area contributed by atoms with Crippen molar-refractivity contribution in [1.82, 2.24) is 5.32 Å². The molecule has 0 bridgehead atoms. The van der Waals surface area contributed by atoms with E-state index in [2.05, 4.69) is 10.6 Å². The van der Waals surface area contributed by atoms with Crippen LogP contribution in [0.4, 0.5) is 23.7 Å². The number of carbonyl (C=O) groups is 2. The van der Waals surface area contributed by atoms with E-state index < -0.39 is 35.5 Å². The van der Waals surface area contributed by atoms with E-state index in [1.165, 1.54) is 19.1 Å². The van der Waals surface area contributed by atoms with Crippen LogP contribution in [0.5, 0.6) is 0 Å². The number of hydrogen-bond acceptors (Lipinski definition) is 2. The van der Waals surface area contributed by atoms with Gasteiger partial charge in [-0.1, -0.05) is 12.1 Å². The lowest BCUT2D eigenvalue weighted by molar-refractivity contribution is -0.139. The minimum Gasteiger partial charge on any atom is -0.479 e. The summed E-state index contributed by atoms with van der Waals surface area (Å²) in [7, 11) is 0. The molecule has 0 saturated carbocycles. The number of halogens is 3. The fourth-order valence-electron chi connectivity index (χ4n) is 2.02. The SMILES string of the molecule is Cc1cc([C@@H](NC(=O)Nc2ccc(F)cc2F)C(=O)O)ccc1F. The minimum atomic E-state index is -1.46. The van der Waals surface area contributed by atoms with Gasteiger partial charge in [-0.2, -0.15) is 0 Å². The molecule has 0 radical (unpaired) electrons. The normalized spacial score (nSPS) is 11.7. The van der Waals surface area contributed by atoms with Gasteiger partial charge in [0, 0.05) is 6.07 Å². The first kappa shape index (κ1) is 17.3. The zero-order valence-electron chi connectivity index (χ0n) is 12.4. The predicted molar refractivity (Wildman–Crippen MR) is 80.0 cm³/mol. The molecule has 2 rings (SSSR count). The van der Waals surface area contributed by atoms with Crippen LogP contribution in [-0.2, 0) is 4.79 Å². The van der Waals surface area contributed by atoms with Crippen molar-refractivity contribution in [3.8, 4) is 0 Å². The van der Waals surface area contributed by atoms with Gasteiger partial charge in [-0.3, -0.25) is 0 Å². The average Bonchev–Trinajstić information content (AvgIpc) is 2.50. The second-order valence-corrected chi connectivity index (χ2v) is 5.00. The van der Waals surface area contributed by atoms with Crippen molar-refractivity contribution in [1.29, 1.82) is 0 Å². The van der Waals surface area contributed by atoms with E-state index in [-0.39, 0.29) is 16.8 Å². The Labute approximate surface area is 135 Å². The predicted octanol–water partition coefficient (Wildman–Crippen LogP) is 3.36. The molecule has 0 aliphatic heterocycles. The molecule has 2 aromatic rings. The smallest absolute Gasteiger partial charge is 0.330 e. The van der Waals surface area contributed by atoms with Gasteiger partial charge in [0.25, 0.3) is 0 Å². The van der Waals surface area contributed by atoms with Gasteiger partial charge in [-0.25, -0.2) is 22.8 Å². The number of carbonyl (C=O) groups excluding carboxylic acids is 1. The quantitative estimate of drug-likeness (QED) is 0.800. The highest BCUT2D eigenvalue weighted by molar-refractivity contribution is 5.92. The van der Waals surface area contributed by atoms with Gasteiger partial charge in [-0.05, 0) is 36.2 Å². The molecule has 2 aromatic carbocycles. The van der Waals surface area contributed by atoms with Crippen molar-refractivity contribution in [2.24, 2.45) is 0 Å². The molecule has 0 unspecified atom stereocenters.